The van der Waals surface area contributed by atoms with Gasteiger partial charge < -0.3 is 10.1 Å². The number of ketones is 1. The van der Waals surface area contributed by atoms with E-state index in [0.29, 0.717) is 23.4 Å². The highest BCUT2D eigenvalue weighted by Crippen LogP contribution is 2.16. The predicted molar refractivity (Wildman–Crippen MR) is 98.9 cm³/mol. The number of rotatable bonds is 10. The number of carbonyl (C=O) groups is 2. The van der Waals surface area contributed by atoms with E-state index >= 15 is 0 Å². The molecule has 1 amide bonds. The fraction of sp³-hybridized carbons (Fsp3) is 0.333. The molecule has 0 aliphatic carbocycles. The summed E-state index contributed by atoms with van der Waals surface area (Å²) in [6, 6.07) is 12.0. The standard InChI is InChI=1S/C21H24FNO3/c1-2-3-4-5-14-23-20(24)15-26-19-12-8-17(9-13-19)21(25)16-6-10-18(22)11-7-16/h6-13H,2-5,14-15H2,1H3,(H,23,24). The van der Waals surface area contributed by atoms with Crippen LogP contribution in [0.1, 0.15) is 48.5 Å². The Labute approximate surface area is 153 Å². The molecule has 2 aromatic rings. The van der Waals surface area contributed by atoms with Crippen molar-refractivity contribution in [2.45, 2.75) is 32.6 Å². The molecule has 0 heterocycles. The third-order valence-electron chi connectivity index (χ3n) is 3.95. The maximum absolute atomic E-state index is 12.9. The van der Waals surface area contributed by atoms with E-state index in [9.17, 15) is 14.0 Å². The number of ether oxygens (including phenoxy) is 1. The van der Waals surface area contributed by atoms with Crippen molar-refractivity contribution in [3.8, 4) is 5.75 Å². The van der Waals surface area contributed by atoms with Crippen molar-refractivity contribution in [2.24, 2.45) is 0 Å². The maximum atomic E-state index is 12.9. The Kier molecular flexibility index (Phi) is 7.80. The smallest absolute Gasteiger partial charge is 0.257 e. The van der Waals surface area contributed by atoms with Crippen LogP contribution in [0.4, 0.5) is 4.39 Å². The van der Waals surface area contributed by atoms with Gasteiger partial charge in [-0.1, -0.05) is 26.2 Å². The molecule has 0 atom stereocenters. The summed E-state index contributed by atoms with van der Waals surface area (Å²) >= 11 is 0. The van der Waals surface area contributed by atoms with Crippen LogP contribution >= 0.6 is 0 Å². The van der Waals surface area contributed by atoms with Crippen molar-refractivity contribution < 1.29 is 18.7 Å². The summed E-state index contributed by atoms with van der Waals surface area (Å²) in [5.41, 5.74) is 0.895. The summed E-state index contributed by atoms with van der Waals surface area (Å²) in [6.45, 7) is 2.75. The van der Waals surface area contributed by atoms with Gasteiger partial charge in [0, 0.05) is 17.7 Å². The van der Waals surface area contributed by atoms with Gasteiger partial charge in [0.15, 0.2) is 12.4 Å². The van der Waals surface area contributed by atoms with Crippen LogP contribution in [0.5, 0.6) is 5.75 Å². The Morgan fingerprint density at radius 1 is 0.923 bits per heavy atom. The van der Waals surface area contributed by atoms with Crippen molar-refractivity contribution in [3.05, 3.63) is 65.5 Å². The summed E-state index contributed by atoms with van der Waals surface area (Å²) < 4.78 is 18.4. The summed E-state index contributed by atoms with van der Waals surface area (Å²) in [7, 11) is 0. The lowest BCUT2D eigenvalue weighted by atomic mass is 10.0. The van der Waals surface area contributed by atoms with Crippen molar-refractivity contribution in [1.29, 1.82) is 0 Å². The molecule has 0 spiro atoms. The molecule has 0 saturated heterocycles. The molecule has 0 saturated carbocycles. The van der Waals surface area contributed by atoms with Crippen molar-refractivity contribution >= 4 is 11.7 Å². The molecule has 2 rings (SSSR count). The van der Waals surface area contributed by atoms with Crippen LogP contribution < -0.4 is 10.1 Å². The highest BCUT2D eigenvalue weighted by Gasteiger charge is 2.09. The van der Waals surface area contributed by atoms with Crippen LogP contribution in [0.3, 0.4) is 0 Å². The second kappa shape index (κ2) is 10.3. The number of benzene rings is 2. The average molecular weight is 357 g/mol. The van der Waals surface area contributed by atoms with Gasteiger partial charge in [-0.3, -0.25) is 9.59 Å². The Bertz CT molecular complexity index is 711. The van der Waals surface area contributed by atoms with Gasteiger partial charge in [-0.05, 0) is 55.0 Å². The van der Waals surface area contributed by atoms with E-state index in [1.54, 1.807) is 24.3 Å². The zero-order chi connectivity index (χ0) is 18.8. The Hall–Kier alpha value is -2.69. The monoisotopic (exact) mass is 357 g/mol. The number of hydrogen-bond acceptors (Lipinski definition) is 3. The van der Waals surface area contributed by atoms with Crippen LogP contribution in [0, 0.1) is 5.82 Å². The zero-order valence-corrected chi connectivity index (χ0v) is 15.0. The molecule has 26 heavy (non-hydrogen) atoms. The molecular weight excluding hydrogens is 333 g/mol. The first-order valence-electron chi connectivity index (χ1n) is 8.90. The minimum absolute atomic E-state index is 0.0565. The quantitative estimate of drug-likeness (QED) is 0.514. The molecule has 2 aromatic carbocycles. The highest BCUT2D eigenvalue weighted by atomic mass is 19.1. The summed E-state index contributed by atoms with van der Waals surface area (Å²) in [4.78, 5) is 24.0. The molecule has 0 radical (unpaired) electrons. The number of unbranched alkanes of at least 4 members (excludes halogenated alkanes) is 3. The third-order valence-corrected chi connectivity index (χ3v) is 3.95. The SMILES string of the molecule is CCCCCCNC(=O)COc1ccc(C(=O)c2ccc(F)cc2)cc1. The van der Waals surface area contributed by atoms with Crippen LogP contribution in [0.15, 0.2) is 48.5 Å². The van der Waals surface area contributed by atoms with Crippen molar-refractivity contribution in [2.75, 3.05) is 13.2 Å². The fourth-order valence-electron chi connectivity index (χ4n) is 2.45. The number of hydrogen-bond donors (Lipinski definition) is 1. The molecule has 4 nitrogen and oxygen atoms in total. The minimum atomic E-state index is -0.381. The van der Waals surface area contributed by atoms with Gasteiger partial charge in [0.25, 0.3) is 5.91 Å². The summed E-state index contributed by atoms with van der Waals surface area (Å²) in [5, 5.41) is 2.82. The molecule has 0 fully saturated rings. The van der Waals surface area contributed by atoms with Crippen LogP contribution in [-0.4, -0.2) is 24.8 Å². The first kappa shape index (κ1) is 19.6. The van der Waals surface area contributed by atoms with Gasteiger partial charge in [0.05, 0.1) is 0 Å². The van der Waals surface area contributed by atoms with E-state index in [1.807, 2.05) is 0 Å². The average Bonchev–Trinajstić information content (AvgIpc) is 2.66. The van der Waals surface area contributed by atoms with Crippen LogP contribution in [0.2, 0.25) is 0 Å². The second-order valence-corrected chi connectivity index (χ2v) is 6.06. The molecule has 138 valence electrons. The number of halogens is 1. The number of nitrogens with one attached hydrogen (secondary N) is 1. The van der Waals surface area contributed by atoms with E-state index in [-0.39, 0.29) is 24.1 Å². The van der Waals surface area contributed by atoms with Gasteiger partial charge in [0.2, 0.25) is 0 Å². The number of carbonyl (C=O) groups excluding carboxylic acids is 2. The van der Waals surface area contributed by atoms with E-state index in [0.717, 1.165) is 19.3 Å². The molecule has 0 aromatic heterocycles. The zero-order valence-electron chi connectivity index (χ0n) is 15.0. The van der Waals surface area contributed by atoms with Crippen molar-refractivity contribution in [3.63, 3.8) is 0 Å². The highest BCUT2D eigenvalue weighted by molar-refractivity contribution is 6.09. The maximum Gasteiger partial charge on any atom is 0.257 e. The van der Waals surface area contributed by atoms with E-state index < -0.39 is 0 Å². The molecule has 0 aliphatic heterocycles. The Morgan fingerprint density at radius 2 is 1.54 bits per heavy atom. The van der Waals surface area contributed by atoms with Gasteiger partial charge in [0.1, 0.15) is 11.6 Å². The summed E-state index contributed by atoms with van der Waals surface area (Å²) in [6.07, 6.45) is 4.42. The third kappa shape index (κ3) is 6.31. The predicted octanol–water partition coefficient (Wildman–Crippen LogP) is 4.13. The minimum Gasteiger partial charge on any atom is -0.484 e. The Morgan fingerprint density at radius 3 is 2.15 bits per heavy atom. The first-order valence-corrected chi connectivity index (χ1v) is 8.90. The molecule has 5 heteroatoms. The van der Waals surface area contributed by atoms with Gasteiger partial charge in [-0.15, -0.1) is 0 Å². The normalized spacial score (nSPS) is 10.4. The lowest BCUT2D eigenvalue weighted by Gasteiger charge is -2.08. The van der Waals surface area contributed by atoms with Crippen LogP contribution in [0.25, 0.3) is 0 Å². The molecule has 1 N–H and O–H groups in total. The topological polar surface area (TPSA) is 55.4 Å². The van der Waals surface area contributed by atoms with Crippen molar-refractivity contribution in [1.82, 2.24) is 5.32 Å². The lowest BCUT2D eigenvalue weighted by molar-refractivity contribution is -0.123. The molecule has 0 aliphatic rings. The lowest BCUT2D eigenvalue weighted by Crippen LogP contribution is -2.29. The molecular formula is C21H24FNO3. The largest absolute Gasteiger partial charge is 0.484 e. The fourth-order valence-corrected chi connectivity index (χ4v) is 2.45. The second-order valence-electron chi connectivity index (χ2n) is 6.06. The Balaban J connectivity index is 1.79. The van der Waals surface area contributed by atoms with E-state index in [4.69, 9.17) is 4.74 Å². The van der Waals surface area contributed by atoms with Crippen LogP contribution in [-0.2, 0) is 4.79 Å². The van der Waals surface area contributed by atoms with E-state index in [1.165, 1.54) is 30.7 Å². The molecule has 0 bridgehead atoms. The van der Waals surface area contributed by atoms with Gasteiger partial charge in [-0.2, -0.15) is 0 Å². The summed E-state index contributed by atoms with van der Waals surface area (Å²) in [5.74, 6) is -0.218. The van der Waals surface area contributed by atoms with E-state index in [2.05, 4.69) is 12.2 Å². The first-order chi connectivity index (χ1) is 12.6. The molecule has 0 unspecified atom stereocenters. The van der Waals surface area contributed by atoms with Gasteiger partial charge >= 0.3 is 0 Å². The number of amides is 1. The van der Waals surface area contributed by atoms with Gasteiger partial charge in [-0.25, -0.2) is 4.39 Å².